The zero-order valence-electron chi connectivity index (χ0n) is 12.9. The average molecular weight is 355 g/mol. The SMILES string of the molecule is CC(C)(O)c1nc2cc(C(F)(F)F)c(Cl)cc2n1-c1ccccc1. The molecule has 1 aromatic heterocycles. The van der Waals surface area contributed by atoms with Crippen LogP contribution in [0.15, 0.2) is 42.5 Å². The fourth-order valence-corrected chi connectivity index (χ4v) is 2.83. The summed E-state index contributed by atoms with van der Waals surface area (Å²) >= 11 is 5.85. The van der Waals surface area contributed by atoms with Crippen LogP contribution in [0.25, 0.3) is 16.7 Å². The number of aromatic nitrogens is 2. The van der Waals surface area contributed by atoms with Gasteiger partial charge in [-0.05, 0) is 38.1 Å². The number of imidazole rings is 1. The molecule has 1 heterocycles. The fraction of sp³-hybridized carbons (Fsp3) is 0.235. The van der Waals surface area contributed by atoms with Crippen molar-refractivity contribution in [2.45, 2.75) is 25.6 Å². The Morgan fingerprint density at radius 3 is 2.25 bits per heavy atom. The summed E-state index contributed by atoms with van der Waals surface area (Å²) in [7, 11) is 0. The topological polar surface area (TPSA) is 38.1 Å². The first-order chi connectivity index (χ1) is 11.1. The molecule has 0 aliphatic carbocycles. The van der Waals surface area contributed by atoms with E-state index in [0.29, 0.717) is 11.2 Å². The molecule has 0 saturated carbocycles. The maximum absolute atomic E-state index is 13.1. The van der Waals surface area contributed by atoms with E-state index < -0.39 is 22.4 Å². The highest BCUT2D eigenvalue weighted by Crippen LogP contribution is 2.38. The lowest BCUT2D eigenvalue weighted by molar-refractivity contribution is -0.137. The molecule has 0 saturated heterocycles. The Labute approximate surface area is 141 Å². The third-order valence-electron chi connectivity index (χ3n) is 3.61. The van der Waals surface area contributed by atoms with E-state index in [1.165, 1.54) is 19.9 Å². The van der Waals surface area contributed by atoms with Crippen molar-refractivity contribution in [3.05, 3.63) is 58.9 Å². The molecule has 1 N–H and O–H groups in total. The van der Waals surface area contributed by atoms with Crippen LogP contribution >= 0.6 is 11.6 Å². The molecule has 0 spiro atoms. The van der Waals surface area contributed by atoms with Crippen molar-refractivity contribution in [3.63, 3.8) is 0 Å². The smallest absolute Gasteiger partial charge is 0.382 e. The van der Waals surface area contributed by atoms with Crippen molar-refractivity contribution in [1.82, 2.24) is 9.55 Å². The molecular formula is C17H14ClF3N2O. The fourth-order valence-electron chi connectivity index (χ4n) is 2.56. The number of hydrogen-bond acceptors (Lipinski definition) is 2. The molecule has 24 heavy (non-hydrogen) atoms. The number of para-hydroxylation sites is 1. The van der Waals surface area contributed by atoms with Crippen molar-refractivity contribution in [3.8, 4) is 5.69 Å². The van der Waals surface area contributed by atoms with Crippen LogP contribution in [0.5, 0.6) is 0 Å². The van der Waals surface area contributed by atoms with Crippen LogP contribution < -0.4 is 0 Å². The molecule has 0 aliphatic rings. The molecule has 0 unspecified atom stereocenters. The van der Waals surface area contributed by atoms with Crippen LogP contribution in [0, 0.1) is 0 Å². The third-order valence-corrected chi connectivity index (χ3v) is 3.92. The van der Waals surface area contributed by atoms with Gasteiger partial charge >= 0.3 is 6.18 Å². The van der Waals surface area contributed by atoms with Gasteiger partial charge in [-0.1, -0.05) is 29.8 Å². The van der Waals surface area contributed by atoms with E-state index in [1.54, 1.807) is 28.8 Å². The number of aliphatic hydroxyl groups is 1. The van der Waals surface area contributed by atoms with E-state index in [4.69, 9.17) is 11.6 Å². The van der Waals surface area contributed by atoms with Crippen molar-refractivity contribution in [2.24, 2.45) is 0 Å². The van der Waals surface area contributed by atoms with Gasteiger partial charge in [0.2, 0.25) is 0 Å². The molecule has 3 aromatic rings. The maximum atomic E-state index is 13.1. The summed E-state index contributed by atoms with van der Waals surface area (Å²) in [6.07, 6.45) is -4.57. The van der Waals surface area contributed by atoms with Crippen LogP contribution in [-0.4, -0.2) is 14.7 Å². The van der Waals surface area contributed by atoms with E-state index in [-0.39, 0.29) is 11.3 Å². The highest BCUT2D eigenvalue weighted by Gasteiger charge is 2.35. The molecule has 126 valence electrons. The Morgan fingerprint density at radius 1 is 1.08 bits per heavy atom. The largest absolute Gasteiger partial charge is 0.417 e. The molecule has 0 bridgehead atoms. The second-order valence-electron chi connectivity index (χ2n) is 5.98. The molecule has 0 radical (unpaired) electrons. The minimum absolute atomic E-state index is 0.118. The second-order valence-corrected chi connectivity index (χ2v) is 6.39. The number of fused-ring (bicyclic) bond motifs is 1. The second kappa shape index (κ2) is 5.50. The zero-order chi connectivity index (χ0) is 17.7. The quantitative estimate of drug-likeness (QED) is 0.709. The highest BCUT2D eigenvalue weighted by atomic mass is 35.5. The normalized spacial score (nSPS) is 12.8. The van der Waals surface area contributed by atoms with Crippen molar-refractivity contribution in [2.75, 3.05) is 0 Å². The van der Waals surface area contributed by atoms with Crippen LogP contribution in [0.1, 0.15) is 25.2 Å². The highest BCUT2D eigenvalue weighted by molar-refractivity contribution is 6.32. The monoisotopic (exact) mass is 354 g/mol. The molecule has 7 heteroatoms. The Bertz CT molecular complexity index is 896. The van der Waals surface area contributed by atoms with Crippen molar-refractivity contribution >= 4 is 22.6 Å². The molecule has 2 aromatic carbocycles. The van der Waals surface area contributed by atoms with Crippen LogP contribution in [0.2, 0.25) is 5.02 Å². The van der Waals surface area contributed by atoms with Gasteiger partial charge in [-0.15, -0.1) is 0 Å². The minimum atomic E-state index is -4.57. The van der Waals surface area contributed by atoms with Gasteiger partial charge in [0.15, 0.2) is 0 Å². The van der Waals surface area contributed by atoms with Gasteiger partial charge in [-0.3, -0.25) is 4.57 Å². The summed E-state index contributed by atoms with van der Waals surface area (Å²) in [6, 6.07) is 11.1. The van der Waals surface area contributed by atoms with E-state index in [2.05, 4.69) is 4.98 Å². The lowest BCUT2D eigenvalue weighted by atomic mass is 10.1. The first kappa shape index (κ1) is 16.8. The summed E-state index contributed by atoms with van der Waals surface area (Å²) in [4.78, 5) is 4.23. The summed E-state index contributed by atoms with van der Waals surface area (Å²) in [6.45, 7) is 3.06. The lowest BCUT2D eigenvalue weighted by Crippen LogP contribution is -2.21. The van der Waals surface area contributed by atoms with Gasteiger partial charge in [0.05, 0.1) is 21.6 Å². The molecule has 3 rings (SSSR count). The predicted molar refractivity (Wildman–Crippen MR) is 86.3 cm³/mol. The number of halogens is 4. The Balaban J connectivity index is 2.38. The number of nitrogens with zero attached hydrogens (tertiary/aromatic N) is 2. The van der Waals surface area contributed by atoms with E-state index in [1.807, 2.05) is 6.07 Å². The standard InChI is InChI=1S/C17H14ClF3N2O/c1-16(2,24)15-22-13-8-11(17(19,20)21)12(18)9-14(13)23(15)10-6-4-3-5-7-10/h3-9,24H,1-2H3. The van der Waals surface area contributed by atoms with E-state index in [9.17, 15) is 18.3 Å². The first-order valence-electron chi connectivity index (χ1n) is 7.16. The maximum Gasteiger partial charge on any atom is 0.417 e. The molecule has 0 fully saturated rings. The Hall–Kier alpha value is -2.05. The minimum Gasteiger partial charge on any atom is -0.382 e. The van der Waals surface area contributed by atoms with Gasteiger partial charge in [-0.25, -0.2) is 4.98 Å². The van der Waals surface area contributed by atoms with Gasteiger partial charge < -0.3 is 5.11 Å². The Kier molecular flexibility index (Phi) is 3.85. The average Bonchev–Trinajstić information content (AvgIpc) is 2.84. The molecule has 0 amide bonds. The summed E-state index contributed by atoms with van der Waals surface area (Å²) in [5, 5.41) is 9.98. The van der Waals surface area contributed by atoms with Crippen molar-refractivity contribution < 1.29 is 18.3 Å². The predicted octanol–water partition coefficient (Wildman–Crippen LogP) is 4.93. The summed E-state index contributed by atoms with van der Waals surface area (Å²) in [5.41, 5.74) is -1.10. The van der Waals surface area contributed by atoms with Gasteiger partial charge in [0, 0.05) is 5.69 Å². The summed E-state index contributed by atoms with van der Waals surface area (Å²) in [5.74, 6) is 0.235. The van der Waals surface area contributed by atoms with E-state index in [0.717, 1.165) is 6.07 Å². The molecule has 0 aliphatic heterocycles. The van der Waals surface area contributed by atoms with Gasteiger partial charge in [-0.2, -0.15) is 13.2 Å². The first-order valence-corrected chi connectivity index (χ1v) is 7.54. The zero-order valence-corrected chi connectivity index (χ0v) is 13.7. The summed E-state index contributed by atoms with van der Waals surface area (Å²) < 4.78 is 40.8. The number of rotatable bonds is 2. The lowest BCUT2D eigenvalue weighted by Gasteiger charge is -2.19. The molecule has 3 nitrogen and oxygen atoms in total. The number of hydrogen-bond donors (Lipinski definition) is 1. The molecular weight excluding hydrogens is 341 g/mol. The van der Waals surface area contributed by atoms with Gasteiger partial charge in [0.1, 0.15) is 11.4 Å². The number of alkyl halides is 3. The van der Waals surface area contributed by atoms with Crippen molar-refractivity contribution in [1.29, 1.82) is 0 Å². The Morgan fingerprint density at radius 2 is 1.71 bits per heavy atom. The van der Waals surface area contributed by atoms with Crippen LogP contribution in [0.4, 0.5) is 13.2 Å². The van der Waals surface area contributed by atoms with Crippen LogP contribution in [-0.2, 0) is 11.8 Å². The van der Waals surface area contributed by atoms with E-state index >= 15 is 0 Å². The third kappa shape index (κ3) is 2.87. The number of benzene rings is 2. The van der Waals surface area contributed by atoms with Gasteiger partial charge in [0.25, 0.3) is 0 Å². The molecule has 0 atom stereocenters. The van der Waals surface area contributed by atoms with Crippen LogP contribution in [0.3, 0.4) is 0 Å².